The summed E-state index contributed by atoms with van der Waals surface area (Å²) < 4.78 is 7.44. The predicted molar refractivity (Wildman–Crippen MR) is 77.5 cm³/mol. The first-order valence-electron chi connectivity index (χ1n) is 7.22. The number of ether oxygens (including phenoxy) is 1. The minimum atomic E-state index is 0.448. The largest absolute Gasteiger partial charge is 0.381 e. The van der Waals surface area contributed by atoms with Crippen LogP contribution >= 0.6 is 11.6 Å². The number of rotatable bonds is 6. The molecule has 108 valence electrons. The third kappa shape index (κ3) is 3.30. The van der Waals surface area contributed by atoms with Crippen molar-refractivity contribution in [2.45, 2.75) is 52.7 Å². The van der Waals surface area contributed by atoms with Crippen molar-refractivity contribution in [3.8, 4) is 0 Å². The second kappa shape index (κ2) is 6.73. The summed E-state index contributed by atoms with van der Waals surface area (Å²) >= 11 is 6.40. The van der Waals surface area contributed by atoms with Crippen LogP contribution in [0.15, 0.2) is 0 Å². The van der Waals surface area contributed by atoms with Crippen molar-refractivity contribution in [1.29, 1.82) is 0 Å². The predicted octanol–water partition coefficient (Wildman–Crippen LogP) is 2.63. The summed E-state index contributed by atoms with van der Waals surface area (Å²) in [6.07, 6.45) is 2.03. The fraction of sp³-hybridized carbons (Fsp3) is 0.786. The zero-order valence-corrected chi connectivity index (χ0v) is 12.8. The van der Waals surface area contributed by atoms with E-state index in [-0.39, 0.29) is 0 Å². The number of aromatic nitrogens is 2. The number of halogens is 1. The maximum Gasteiger partial charge on any atom is 0.0863 e. The second-order valence-electron chi connectivity index (χ2n) is 5.17. The lowest BCUT2D eigenvalue weighted by Gasteiger charge is -2.19. The van der Waals surface area contributed by atoms with Crippen LogP contribution in [0.3, 0.4) is 0 Å². The molecule has 1 aliphatic rings. The molecule has 1 saturated heterocycles. The first kappa shape index (κ1) is 14.8. The van der Waals surface area contributed by atoms with E-state index in [4.69, 9.17) is 16.3 Å². The van der Waals surface area contributed by atoms with Crippen LogP contribution < -0.4 is 5.32 Å². The second-order valence-corrected chi connectivity index (χ2v) is 5.55. The highest BCUT2D eigenvalue weighted by Crippen LogP contribution is 2.22. The quantitative estimate of drug-likeness (QED) is 0.873. The molecule has 4 nitrogen and oxygen atoms in total. The van der Waals surface area contributed by atoms with E-state index in [0.717, 1.165) is 55.6 Å². The van der Waals surface area contributed by atoms with Gasteiger partial charge in [-0.25, -0.2) is 0 Å². The van der Waals surface area contributed by atoms with Crippen molar-refractivity contribution in [2.24, 2.45) is 5.92 Å². The average Bonchev–Trinajstić information content (AvgIpc) is 3.04. The highest BCUT2D eigenvalue weighted by molar-refractivity contribution is 6.31. The van der Waals surface area contributed by atoms with E-state index in [1.807, 2.05) is 4.68 Å². The van der Waals surface area contributed by atoms with Crippen LogP contribution in [-0.4, -0.2) is 29.0 Å². The minimum Gasteiger partial charge on any atom is -0.381 e. The molecule has 2 heterocycles. The maximum absolute atomic E-state index is 6.40. The molecule has 19 heavy (non-hydrogen) atoms. The van der Waals surface area contributed by atoms with Crippen molar-refractivity contribution < 1.29 is 4.74 Å². The topological polar surface area (TPSA) is 39.1 Å². The van der Waals surface area contributed by atoms with Gasteiger partial charge in [0, 0.05) is 25.7 Å². The van der Waals surface area contributed by atoms with E-state index in [1.54, 1.807) is 0 Å². The Labute approximate surface area is 120 Å². The zero-order chi connectivity index (χ0) is 13.8. The molecule has 0 saturated carbocycles. The van der Waals surface area contributed by atoms with E-state index in [2.05, 4.69) is 31.2 Å². The van der Waals surface area contributed by atoms with E-state index < -0.39 is 0 Å². The molecule has 0 amide bonds. The van der Waals surface area contributed by atoms with Gasteiger partial charge in [0.25, 0.3) is 0 Å². The number of hydrogen-bond donors (Lipinski definition) is 1. The highest BCUT2D eigenvalue weighted by atomic mass is 35.5. The number of nitrogens with zero attached hydrogens (tertiary/aromatic N) is 2. The molecule has 0 aliphatic carbocycles. The molecule has 1 aromatic rings. The lowest BCUT2D eigenvalue weighted by Crippen LogP contribution is -2.34. The molecule has 2 rings (SSSR count). The van der Waals surface area contributed by atoms with Crippen molar-refractivity contribution in [1.82, 2.24) is 15.1 Å². The molecule has 5 heteroatoms. The summed E-state index contributed by atoms with van der Waals surface area (Å²) in [7, 11) is 0. The third-order valence-electron chi connectivity index (χ3n) is 3.96. The lowest BCUT2D eigenvalue weighted by atomic mass is 10.0. The smallest absolute Gasteiger partial charge is 0.0863 e. The van der Waals surface area contributed by atoms with Gasteiger partial charge in [0.15, 0.2) is 0 Å². The molecule has 0 radical (unpaired) electrons. The average molecular weight is 286 g/mol. The molecule has 1 aromatic heterocycles. The van der Waals surface area contributed by atoms with Gasteiger partial charge >= 0.3 is 0 Å². The molecule has 1 fully saturated rings. The van der Waals surface area contributed by atoms with Gasteiger partial charge in [-0.3, -0.25) is 4.68 Å². The van der Waals surface area contributed by atoms with Gasteiger partial charge in [-0.1, -0.05) is 18.5 Å². The third-order valence-corrected chi connectivity index (χ3v) is 4.39. The van der Waals surface area contributed by atoms with Crippen LogP contribution in [0.1, 0.15) is 38.6 Å². The molecule has 0 bridgehead atoms. The van der Waals surface area contributed by atoms with Crippen LogP contribution in [0.4, 0.5) is 0 Å². The SMILES string of the molecule is CCc1nn(CC)c(CNC(C)C2CCOC2)c1Cl. The standard InChI is InChI=1S/C14H24ClN3O/c1-4-12-14(15)13(18(5-2)17-12)8-16-10(3)11-6-7-19-9-11/h10-11,16H,4-9H2,1-3H3. The Kier molecular flexibility index (Phi) is 5.25. The number of hydrogen-bond acceptors (Lipinski definition) is 3. The van der Waals surface area contributed by atoms with Crippen LogP contribution in [0.2, 0.25) is 5.02 Å². The first-order valence-corrected chi connectivity index (χ1v) is 7.60. The summed E-state index contributed by atoms with van der Waals surface area (Å²) in [5.74, 6) is 0.613. The fourth-order valence-corrected chi connectivity index (χ4v) is 2.89. The Balaban J connectivity index is 1.99. The Morgan fingerprint density at radius 3 is 2.89 bits per heavy atom. The van der Waals surface area contributed by atoms with Gasteiger partial charge in [-0.2, -0.15) is 5.10 Å². The van der Waals surface area contributed by atoms with Gasteiger partial charge in [0.2, 0.25) is 0 Å². The molecule has 2 unspecified atom stereocenters. The Bertz CT molecular complexity index is 413. The summed E-state index contributed by atoms with van der Waals surface area (Å²) in [6.45, 7) is 9.81. The summed E-state index contributed by atoms with van der Waals surface area (Å²) in [5.41, 5.74) is 2.10. The highest BCUT2D eigenvalue weighted by Gasteiger charge is 2.23. The van der Waals surface area contributed by atoms with E-state index in [9.17, 15) is 0 Å². The van der Waals surface area contributed by atoms with Crippen LogP contribution in [0.25, 0.3) is 0 Å². The van der Waals surface area contributed by atoms with Crippen molar-refractivity contribution in [2.75, 3.05) is 13.2 Å². The van der Waals surface area contributed by atoms with E-state index in [1.165, 1.54) is 0 Å². The molecular weight excluding hydrogens is 262 g/mol. The number of aryl methyl sites for hydroxylation is 2. The lowest BCUT2D eigenvalue weighted by molar-refractivity contribution is 0.178. The van der Waals surface area contributed by atoms with Crippen LogP contribution in [0.5, 0.6) is 0 Å². The molecule has 1 aliphatic heterocycles. The van der Waals surface area contributed by atoms with E-state index in [0.29, 0.717) is 12.0 Å². The minimum absolute atomic E-state index is 0.448. The molecule has 2 atom stereocenters. The monoisotopic (exact) mass is 285 g/mol. The summed E-state index contributed by atoms with van der Waals surface area (Å²) in [6, 6.07) is 0.448. The Hall–Kier alpha value is -0.580. The number of nitrogens with one attached hydrogen (secondary N) is 1. The van der Waals surface area contributed by atoms with Gasteiger partial charge in [0.1, 0.15) is 0 Å². The van der Waals surface area contributed by atoms with E-state index >= 15 is 0 Å². The Morgan fingerprint density at radius 1 is 1.53 bits per heavy atom. The molecule has 0 spiro atoms. The summed E-state index contributed by atoms with van der Waals surface area (Å²) in [5, 5.41) is 8.94. The van der Waals surface area contributed by atoms with Gasteiger partial charge in [0.05, 0.1) is 23.0 Å². The van der Waals surface area contributed by atoms with Gasteiger partial charge < -0.3 is 10.1 Å². The van der Waals surface area contributed by atoms with Crippen LogP contribution in [-0.2, 0) is 24.2 Å². The fourth-order valence-electron chi connectivity index (χ4n) is 2.56. The van der Waals surface area contributed by atoms with Gasteiger partial charge in [-0.15, -0.1) is 0 Å². The Morgan fingerprint density at radius 2 is 2.32 bits per heavy atom. The molecule has 1 N–H and O–H groups in total. The zero-order valence-electron chi connectivity index (χ0n) is 12.1. The van der Waals surface area contributed by atoms with Gasteiger partial charge in [-0.05, 0) is 32.6 Å². The normalized spacial score (nSPS) is 20.9. The summed E-state index contributed by atoms with van der Waals surface area (Å²) in [4.78, 5) is 0. The van der Waals surface area contributed by atoms with Crippen LogP contribution in [0, 0.1) is 5.92 Å². The van der Waals surface area contributed by atoms with Crippen molar-refractivity contribution in [3.63, 3.8) is 0 Å². The van der Waals surface area contributed by atoms with Crippen molar-refractivity contribution in [3.05, 3.63) is 16.4 Å². The molecular formula is C14H24ClN3O. The first-order chi connectivity index (χ1) is 9.17. The maximum atomic E-state index is 6.40. The molecule has 0 aromatic carbocycles. The van der Waals surface area contributed by atoms with Crippen molar-refractivity contribution >= 4 is 11.6 Å².